The molecule has 3 N–H and O–H groups in total. The van der Waals surface area contributed by atoms with Gasteiger partial charge in [-0.2, -0.15) is 0 Å². The van der Waals surface area contributed by atoms with Crippen LogP contribution in [0.4, 0.5) is 0 Å². The van der Waals surface area contributed by atoms with Crippen LogP contribution in [0.3, 0.4) is 0 Å². The zero-order valence-corrected chi connectivity index (χ0v) is 11.9. The van der Waals surface area contributed by atoms with Crippen LogP contribution in [-0.4, -0.2) is 18.0 Å². The van der Waals surface area contributed by atoms with E-state index in [1.54, 1.807) is 0 Å². The molecule has 0 aliphatic heterocycles. The molecule has 0 heterocycles. The molecule has 0 radical (unpaired) electrons. The smallest absolute Gasteiger partial charge is 0.221 e. The number of hydrogen-bond donors (Lipinski definition) is 2. The molecule has 1 aromatic rings. The second kappa shape index (κ2) is 6.20. The molecule has 0 saturated carbocycles. The third-order valence-corrected chi connectivity index (χ3v) is 3.99. The Hall–Kier alpha value is -1.35. The second-order valence-electron chi connectivity index (χ2n) is 5.89. The number of carbonyl (C=O) groups is 1. The Morgan fingerprint density at radius 1 is 1.37 bits per heavy atom. The van der Waals surface area contributed by atoms with Crippen LogP contribution in [0.2, 0.25) is 0 Å². The van der Waals surface area contributed by atoms with Gasteiger partial charge in [0.25, 0.3) is 0 Å². The predicted molar refractivity (Wildman–Crippen MR) is 77.8 cm³/mol. The summed E-state index contributed by atoms with van der Waals surface area (Å²) in [7, 11) is 0. The number of nitrogens with two attached hydrogens (primary N) is 1. The van der Waals surface area contributed by atoms with E-state index in [4.69, 9.17) is 5.73 Å². The van der Waals surface area contributed by atoms with Gasteiger partial charge in [0.1, 0.15) is 0 Å². The lowest BCUT2D eigenvalue weighted by molar-refractivity contribution is -0.122. The summed E-state index contributed by atoms with van der Waals surface area (Å²) < 4.78 is 0. The number of nitrogens with one attached hydrogen (secondary N) is 1. The molecule has 0 bridgehead atoms. The fraction of sp³-hybridized carbons (Fsp3) is 0.562. The Morgan fingerprint density at radius 3 is 2.74 bits per heavy atom. The lowest BCUT2D eigenvalue weighted by Gasteiger charge is -2.26. The lowest BCUT2D eigenvalue weighted by Crippen LogP contribution is -2.42. The van der Waals surface area contributed by atoms with Crippen LogP contribution in [0.1, 0.15) is 37.8 Å². The molecule has 0 saturated heterocycles. The highest BCUT2D eigenvalue weighted by Crippen LogP contribution is 2.21. The predicted octanol–water partition coefficient (Wildman–Crippen LogP) is 2.03. The summed E-state index contributed by atoms with van der Waals surface area (Å²) in [5, 5.41) is 3.13. The molecule has 2 unspecified atom stereocenters. The van der Waals surface area contributed by atoms with E-state index < -0.39 is 0 Å². The molecule has 19 heavy (non-hydrogen) atoms. The zero-order chi connectivity index (χ0) is 13.8. The van der Waals surface area contributed by atoms with Crippen molar-refractivity contribution in [2.24, 2.45) is 11.7 Å². The normalized spacial score (nSPS) is 19.9. The largest absolute Gasteiger partial charge is 0.353 e. The van der Waals surface area contributed by atoms with E-state index in [1.807, 2.05) is 0 Å². The molecule has 1 amide bonds. The summed E-state index contributed by atoms with van der Waals surface area (Å²) >= 11 is 0. The number of aryl methyl sites for hydroxylation is 1. The van der Waals surface area contributed by atoms with Gasteiger partial charge < -0.3 is 11.1 Å². The molecule has 1 aliphatic carbocycles. The lowest BCUT2D eigenvalue weighted by atomic mass is 9.88. The first kappa shape index (κ1) is 14.1. The fourth-order valence-corrected chi connectivity index (χ4v) is 2.56. The van der Waals surface area contributed by atoms with Gasteiger partial charge in [-0.25, -0.2) is 0 Å². The Kier molecular flexibility index (Phi) is 4.59. The van der Waals surface area contributed by atoms with Crippen LogP contribution in [0.5, 0.6) is 0 Å². The molecule has 1 aromatic carbocycles. The first-order valence-corrected chi connectivity index (χ1v) is 7.18. The van der Waals surface area contributed by atoms with Gasteiger partial charge in [0.05, 0.1) is 0 Å². The fourth-order valence-electron chi connectivity index (χ4n) is 2.56. The van der Waals surface area contributed by atoms with Gasteiger partial charge in [-0.15, -0.1) is 0 Å². The first-order valence-electron chi connectivity index (χ1n) is 7.18. The minimum absolute atomic E-state index is 0.0455. The third kappa shape index (κ3) is 3.80. The molecule has 3 heteroatoms. The number of amides is 1. The van der Waals surface area contributed by atoms with Gasteiger partial charge in [-0.1, -0.05) is 38.1 Å². The van der Waals surface area contributed by atoms with E-state index in [9.17, 15) is 4.79 Å². The molecular formula is C16H24N2O. The minimum atomic E-state index is -0.0455. The highest BCUT2D eigenvalue weighted by Gasteiger charge is 2.21. The van der Waals surface area contributed by atoms with Crippen molar-refractivity contribution in [2.75, 3.05) is 0 Å². The summed E-state index contributed by atoms with van der Waals surface area (Å²) in [4.78, 5) is 11.9. The third-order valence-electron chi connectivity index (χ3n) is 3.99. The highest BCUT2D eigenvalue weighted by atomic mass is 16.1. The van der Waals surface area contributed by atoms with Crippen molar-refractivity contribution >= 4 is 5.91 Å². The van der Waals surface area contributed by atoms with E-state index in [0.717, 1.165) is 19.3 Å². The van der Waals surface area contributed by atoms with Crippen molar-refractivity contribution in [2.45, 2.75) is 51.6 Å². The topological polar surface area (TPSA) is 55.1 Å². The van der Waals surface area contributed by atoms with Crippen molar-refractivity contribution in [1.29, 1.82) is 0 Å². The van der Waals surface area contributed by atoms with Crippen molar-refractivity contribution in [3.63, 3.8) is 0 Å². The number of rotatable bonds is 4. The Morgan fingerprint density at radius 2 is 2.05 bits per heavy atom. The van der Waals surface area contributed by atoms with Crippen molar-refractivity contribution in [3.05, 3.63) is 35.4 Å². The minimum Gasteiger partial charge on any atom is -0.353 e. The van der Waals surface area contributed by atoms with Gasteiger partial charge >= 0.3 is 0 Å². The maximum Gasteiger partial charge on any atom is 0.221 e. The van der Waals surface area contributed by atoms with E-state index in [0.29, 0.717) is 12.3 Å². The Bertz CT molecular complexity index is 442. The maximum absolute atomic E-state index is 11.9. The van der Waals surface area contributed by atoms with Crippen LogP contribution in [-0.2, 0) is 17.6 Å². The van der Waals surface area contributed by atoms with Gasteiger partial charge in [0.2, 0.25) is 5.91 Å². The summed E-state index contributed by atoms with van der Waals surface area (Å²) in [6, 6.07) is 8.71. The van der Waals surface area contributed by atoms with Gasteiger partial charge in [-0.05, 0) is 36.3 Å². The van der Waals surface area contributed by atoms with E-state index in [1.165, 1.54) is 11.1 Å². The van der Waals surface area contributed by atoms with Gasteiger partial charge in [0, 0.05) is 18.5 Å². The van der Waals surface area contributed by atoms with Gasteiger partial charge in [0.15, 0.2) is 0 Å². The summed E-state index contributed by atoms with van der Waals surface area (Å²) in [6.07, 6.45) is 3.45. The molecule has 2 rings (SSSR count). The summed E-state index contributed by atoms with van der Waals surface area (Å²) in [5.74, 6) is 0.434. The standard InChI is InChI=1S/C16H24N2O/c1-11(2)15(17)10-16(19)18-14-8-7-12-5-3-4-6-13(12)9-14/h3-6,11,14-15H,7-10,17H2,1-2H3,(H,18,19). The monoisotopic (exact) mass is 260 g/mol. The number of carbonyl (C=O) groups excluding carboxylic acids is 1. The van der Waals surface area contributed by atoms with Crippen LogP contribution >= 0.6 is 0 Å². The maximum atomic E-state index is 11.9. The number of benzene rings is 1. The second-order valence-corrected chi connectivity index (χ2v) is 5.89. The van der Waals surface area contributed by atoms with Crippen molar-refractivity contribution < 1.29 is 4.79 Å². The molecule has 3 nitrogen and oxygen atoms in total. The van der Waals surface area contributed by atoms with Crippen LogP contribution in [0, 0.1) is 5.92 Å². The molecule has 2 atom stereocenters. The Labute approximate surface area is 115 Å². The molecule has 104 valence electrons. The average molecular weight is 260 g/mol. The SMILES string of the molecule is CC(C)C(N)CC(=O)NC1CCc2ccccc2C1. The molecule has 0 fully saturated rings. The van der Waals surface area contributed by atoms with Crippen molar-refractivity contribution in [1.82, 2.24) is 5.32 Å². The quantitative estimate of drug-likeness (QED) is 0.870. The molecule has 1 aliphatic rings. The summed E-state index contributed by atoms with van der Waals surface area (Å²) in [5.41, 5.74) is 8.73. The molecular weight excluding hydrogens is 236 g/mol. The van der Waals surface area contributed by atoms with Crippen LogP contribution < -0.4 is 11.1 Å². The molecule has 0 aromatic heterocycles. The average Bonchev–Trinajstić information content (AvgIpc) is 2.38. The van der Waals surface area contributed by atoms with Gasteiger partial charge in [-0.3, -0.25) is 4.79 Å². The van der Waals surface area contributed by atoms with Crippen molar-refractivity contribution in [3.8, 4) is 0 Å². The number of hydrogen-bond acceptors (Lipinski definition) is 2. The zero-order valence-electron chi connectivity index (χ0n) is 11.9. The Balaban J connectivity index is 1.87. The van der Waals surface area contributed by atoms with Crippen LogP contribution in [0.15, 0.2) is 24.3 Å². The van der Waals surface area contributed by atoms with E-state index in [2.05, 4.69) is 43.4 Å². The highest BCUT2D eigenvalue weighted by molar-refractivity contribution is 5.77. The van der Waals surface area contributed by atoms with E-state index in [-0.39, 0.29) is 18.0 Å². The number of fused-ring (bicyclic) bond motifs is 1. The van der Waals surface area contributed by atoms with Crippen LogP contribution in [0.25, 0.3) is 0 Å². The first-order chi connectivity index (χ1) is 9.06. The van der Waals surface area contributed by atoms with E-state index >= 15 is 0 Å². The molecule has 0 spiro atoms. The summed E-state index contributed by atoms with van der Waals surface area (Å²) in [6.45, 7) is 4.10.